The second kappa shape index (κ2) is 6.32. The van der Waals surface area contributed by atoms with Crippen molar-refractivity contribution in [3.8, 4) is 34.0 Å². The standard InChI is InChI=1S/C21H18N2O2/c1-24-19-12-11-14(13-20(19)25-2)15-7-3-4-8-16(15)21-22-17-9-5-6-10-18(17)23-21/h3-13H,1-2H3,(H,22,23). The smallest absolute Gasteiger partial charge is 0.161 e. The highest BCUT2D eigenvalue weighted by Gasteiger charge is 2.13. The van der Waals surface area contributed by atoms with Crippen LogP contribution >= 0.6 is 0 Å². The molecule has 3 aromatic carbocycles. The fourth-order valence-corrected chi connectivity index (χ4v) is 3.03. The van der Waals surface area contributed by atoms with E-state index in [1.807, 2.05) is 54.6 Å². The van der Waals surface area contributed by atoms with Gasteiger partial charge >= 0.3 is 0 Å². The second-order valence-corrected chi connectivity index (χ2v) is 5.72. The maximum atomic E-state index is 5.44. The first-order valence-corrected chi connectivity index (χ1v) is 8.06. The minimum absolute atomic E-state index is 0.708. The highest BCUT2D eigenvalue weighted by Crippen LogP contribution is 2.36. The topological polar surface area (TPSA) is 47.1 Å². The highest BCUT2D eigenvalue weighted by molar-refractivity contribution is 5.86. The number of nitrogens with zero attached hydrogens (tertiary/aromatic N) is 1. The van der Waals surface area contributed by atoms with E-state index in [0.29, 0.717) is 11.5 Å². The molecule has 0 saturated carbocycles. The van der Waals surface area contributed by atoms with Crippen LogP contribution in [0.3, 0.4) is 0 Å². The summed E-state index contributed by atoms with van der Waals surface area (Å²) < 4.78 is 10.8. The number of H-pyrrole nitrogens is 1. The third-order valence-electron chi connectivity index (χ3n) is 4.27. The maximum absolute atomic E-state index is 5.44. The number of ether oxygens (including phenoxy) is 2. The van der Waals surface area contributed by atoms with Crippen molar-refractivity contribution >= 4 is 11.0 Å². The van der Waals surface area contributed by atoms with Gasteiger partial charge in [-0.25, -0.2) is 4.98 Å². The van der Waals surface area contributed by atoms with Gasteiger partial charge in [0, 0.05) is 5.56 Å². The van der Waals surface area contributed by atoms with Crippen LogP contribution in [0.25, 0.3) is 33.5 Å². The Morgan fingerprint density at radius 2 is 1.48 bits per heavy atom. The van der Waals surface area contributed by atoms with Crippen molar-refractivity contribution in [2.45, 2.75) is 0 Å². The van der Waals surface area contributed by atoms with Gasteiger partial charge in [0.2, 0.25) is 0 Å². The van der Waals surface area contributed by atoms with Gasteiger partial charge in [0.15, 0.2) is 11.5 Å². The van der Waals surface area contributed by atoms with Gasteiger partial charge in [-0.2, -0.15) is 0 Å². The number of hydrogen-bond acceptors (Lipinski definition) is 3. The maximum Gasteiger partial charge on any atom is 0.161 e. The molecule has 4 aromatic rings. The van der Waals surface area contributed by atoms with Gasteiger partial charge in [0.1, 0.15) is 5.82 Å². The minimum atomic E-state index is 0.708. The Morgan fingerprint density at radius 3 is 2.24 bits per heavy atom. The Labute approximate surface area is 146 Å². The van der Waals surface area contributed by atoms with Gasteiger partial charge in [-0.15, -0.1) is 0 Å². The monoisotopic (exact) mass is 330 g/mol. The molecule has 4 nitrogen and oxygen atoms in total. The summed E-state index contributed by atoms with van der Waals surface area (Å²) in [6, 6.07) is 22.2. The van der Waals surface area contributed by atoms with Crippen LogP contribution in [0, 0.1) is 0 Å². The first kappa shape index (κ1) is 15.3. The quantitative estimate of drug-likeness (QED) is 0.578. The number of imidazole rings is 1. The van der Waals surface area contributed by atoms with Crippen LogP contribution < -0.4 is 9.47 Å². The molecular weight excluding hydrogens is 312 g/mol. The van der Waals surface area contributed by atoms with Gasteiger partial charge in [-0.1, -0.05) is 42.5 Å². The largest absolute Gasteiger partial charge is 0.493 e. The molecule has 0 saturated heterocycles. The molecule has 4 heteroatoms. The Morgan fingerprint density at radius 1 is 0.760 bits per heavy atom. The normalized spacial score (nSPS) is 10.8. The molecule has 0 fully saturated rings. The van der Waals surface area contributed by atoms with Crippen molar-refractivity contribution in [1.82, 2.24) is 9.97 Å². The molecule has 25 heavy (non-hydrogen) atoms. The lowest BCUT2D eigenvalue weighted by Crippen LogP contribution is -1.92. The van der Waals surface area contributed by atoms with Crippen molar-refractivity contribution in [3.63, 3.8) is 0 Å². The second-order valence-electron chi connectivity index (χ2n) is 5.72. The molecule has 0 radical (unpaired) electrons. The van der Waals surface area contributed by atoms with Crippen LogP contribution in [0.15, 0.2) is 66.7 Å². The third-order valence-corrected chi connectivity index (χ3v) is 4.27. The first-order chi connectivity index (χ1) is 12.3. The molecule has 1 heterocycles. The molecule has 0 aliphatic heterocycles. The fraction of sp³-hybridized carbons (Fsp3) is 0.0952. The predicted molar refractivity (Wildman–Crippen MR) is 100 cm³/mol. The van der Waals surface area contributed by atoms with Crippen molar-refractivity contribution in [3.05, 3.63) is 66.7 Å². The average Bonchev–Trinajstić information content (AvgIpc) is 3.11. The van der Waals surface area contributed by atoms with Gasteiger partial charge in [-0.3, -0.25) is 0 Å². The molecule has 0 amide bonds. The van der Waals surface area contributed by atoms with Crippen molar-refractivity contribution in [1.29, 1.82) is 0 Å². The van der Waals surface area contributed by atoms with Crippen LogP contribution in [0.4, 0.5) is 0 Å². The summed E-state index contributed by atoms with van der Waals surface area (Å²) in [5.74, 6) is 2.28. The number of rotatable bonds is 4. The Balaban J connectivity index is 1.87. The van der Waals surface area contributed by atoms with E-state index in [-0.39, 0.29) is 0 Å². The molecular formula is C21H18N2O2. The summed E-state index contributed by atoms with van der Waals surface area (Å²) in [5, 5.41) is 0. The average molecular weight is 330 g/mol. The zero-order chi connectivity index (χ0) is 17.2. The number of aromatic amines is 1. The van der Waals surface area contributed by atoms with E-state index in [0.717, 1.165) is 33.5 Å². The summed E-state index contributed by atoms with van der Waals surface area (Å²) in [4.78, 5) is 8.14. The molecule has 1 N–H and O–H groups in total. The SMILES string of the molecule is COc1ccc(-c2ccccc2-c2nc3ccccc3[nH]2)cc1OC. The lowest BCUT2D eigenvalue weighted by atomic mass is 9.99. The van der Waals surface area contributed by atoms with Gasteiger partial charge < -0.3 is 14.5 Å². The Kier molecular flexibility index (Phi) is 3.86. The highest BCUT2D eigenvalue weighted by atomic mass is 16.5. The molecule has 0 spiro atoms. The number of nitrogens with one attached hydrogen (secondary N) is 1. The minimum Gasteiger partial charge on any atom is -0.493 e. The van der Waals surface area contributed by atoms with E-state index in [2.05, 4.69) is 17.1 Å². The molecule has 0 unspecified atom stereocenters. The van der Waals surface area contributed by atoms with E-state index >= 15 is 0 Å². The fourth-order valence-electron chi connectivity index (χ4n) is 3.03. The summed E-state index contributed by atoms with van der Waals surface area (Å²) in [5.41, 5.74) is 5.17. The van der Waals surface area contributed by atoms with Crippen LogP contribution in [-0.2, 0) is 0 Å². The van der Waals surface area contributed by atoms with Crippen molar-refractivity contribution in [2.75, 3.05) is 14.2 Å². The molecule has 0 atom stereocenters. The van der Waals surface area contributed by atoms with Crippen LogP contribution in [0.2, 0.25) is 0 Å². The summed E-state index contributed by atoms with van der Waals surface area (Å²) in [6.45, 7) is 0. The van der Waals surface area contributed by atoms with Crippen LogP contribution in [0.5, 0.6) is 11.5 Å². The number of benzene rings is 3. The van der Waals surface area contributed by atoms with E-state index in [9.17, 15) is 0 Å². The van der Waals surface area contributed by atoms with Gasteiger partial charge in [0.25, 0.3) is 0 Å². The lowest BCUT2D eigenvalue weighted by molar-refractivity contribution is 0.355. The molecule has 0 bridgehead atoms. The Hall–Kier alpha value is -3.27. The zero-order valence-corrected chi connectivity index (χ0v) is 14.1. The number of aromatic nitrogens is 2. The first-order valence-electron chi connectivity index (χ1n) is 8.06. The molecule has 124 valence electrons. The van der Waals surface area contributed by atoms with E-state index < -0.39 is 0 Å². The van der Waals surface area contributed by atoms with Crippen molar-refractivity contribution in [2.24, 2.45) is 0 Å². The van der Waals surface area contributed by atoms with Gasteiger partial charge in [-0.05, 0) is 35.4 Å². The number of hydrogen-bond donors (Lipinski definition) is 1. The third kappa shape index (κ3) is 2.72. The van der Waals surface area contributed by atoms with Crippen LogP contribution in [-0.4, -0.2) is 24.2 Å². The van der Waals surface area contributed by atoms with E-state index in [1.54, 1.807) is 14.2 Å². The van der Waals surface area contributed by atoms with E-state index in [4.69, 9.17) is 14.5 Å². The Bertz CT molecular complexity index is 1000. The molecule has 0 aliphatic rings. The van der Waals surface area contributed by atoms with Crippen LogP contribution in [0.1, 0.15) is 0 Å². The lowest BCUT2D eigenvalue weighted by Gasteiger charge is -2.12. The predicted octanol–water partition coefficient (Wildman–Crippen LogP) is 4.91. The summed E-state index contributed by atoms with van der Waals surface area (Å²) in [7, 11) is 3.28. The van der Waals surface area contributed by atoms with Crippen molar-refractivity contribution < 1.29 is 9.47 Å². The number of methoxy groups -OCH3 is 2. The zero-order valence-electron chi connectivity index (χ0n) is 14.1. The summed E-state index contributed by atoms with van der Waals surface area (Å²) >= 11 is 0. The van der Waals surface area contributed by atoms with Gasteiger partial charge in [0.05, 0.1) is 25.3 Å². The van der Waals surface area contributed by atoms with E-state index in [1.165, 1.54) is 0 Å². The number of para-hydroxylation sites is 2. The molecule has 1 aromatic heterocycles. The number of fused-ring (bicyclic) bond motifs is 1. The molecule has 0 aliphatic carbocycles. The summed E-state index contributed by atoms with van der Waals surface area (Å²) in [6.07, 6.45) is 0. The molecule has 4 rings (SSSR count).